The fourth-order valence-corrected chi connectivity index (χ4v) is 2.04. The molecule has 0 atom stereocenters. The fraction of sp³-hybridized carbons (Fsp3) is 0.294. The third-order valence-corrected chi connectivity index (χ3v) is 2.98. The van der Waals surface area contributed by atoms with Crippen molar-refractivity contribution in [1.29, 1.82) is 5.26 Å². The van der Waals surface area contributed by atoms with Gasteiger partial charge in [0, 0.05) is 18.4 Å². The average molecular weight is 281 g/mol. The summed E-state index contributed by atoms with van der Waals surface area (Å²) in [6.45, 7) is 3.31. The third-order valence-electron chi connectivity index (χ3n) is 2.98. The molecule has 0 aliphatic heterocycles. The number of aromatic nitrogens is 1. The van der Waals surface area contributed by atoms with Crippen molar-refractivity contribution in [1.82, 2.24) is 4.98 Å². The van der Waals surface area contributed by atoms with Crippen LogP contribution in [0.15, 0.2) is 48.7 Å². The minimum atomic E-state index is 0.429. The topological polar surface area (TPSA) is 49.1 Å². The van der Waals surface area contributed by atoms with E-state index in [9.17, 15) is 0 Å². The predicted molar refractivity (Wildman–Crippen MR) is 83.7 cm³/mol. The van der Waals surface area contributed by atoms with Crippen LogP contribution >= 0.6 is 0 Å². The molecule has 21 heavy (non-hydrogen) atoms. The first kappa shape index (κ1) is 14.9. The molecule has 0 radical (unpaired) electrons. The molecule has 0 N–H and O–H groups in total. The summed E-state index contributed by atoms with van der Waals surface area (Å²) < 4.78 is 5.78. The Labute approximate surface area is 125 Å². The molecule has 2 aromatic rings. The van der Waals surface area contributed by atoms with Crippen molar-refractivity contribution in [2.24, 2.45) is 0 Å². The van der Waals surface area contributed by atoms with Gasteiger partial charge >= 0.3 is 0 Å². The van der Waals surface area contributed by atoms with Gasteiger partial charge in [0.25, 0.3) is 0 Å². The van der Waals surface area contributed by atoms with Crippen LogP contribution in [0.1, 0.15) is 19.8 Å². The van der Waals surface area contributed by atoms with E-state index in [2.05, 4.69) is 18.0 Å². The van der Waals surface area contributed by atoms with Crippen molar-refractivity contribution in [3.8, 4) is 11.8 Å². The minimum Gasteiger partial charge on any atom is -0.490 e. The van der Waals surface area contributed by atoms with E-state index in [1.54, 1.807) is 6.20 Å². The first-order chi connectivity index (χ1) is 10.4. The van der Waals surface area contributed by atoms with E-state index in [0.717, 1.165) is 23.7 Å². The Balaban J connectivity index is 2.35. The number of pyridine rings is 1. The number of nitrogens with zero attached hydrogens (tertiary/aromatic N) is 3. The summed E-state index contributed by atoms with van der Waals surface area (Å²) in [5.41, 5.74) is 1.01. The van der Waals surface area contributed by atoms with E-state index in [-0.39, 0.29) is 0 Å². The van der Waals surface area contributed by atoms with Crippen LogP contribution in [-0.2, 0) is 0 Å². The van der Waals surface area contributed by atoms with Gasteiger partial charge in [-0.05, 0) is 30.7 Å². The van der Waals surface area contributed by atoms with E-state index in [1.807, 2.05) is 47.4 Å². The molecule has 0 aliphatic carbocycles. The molecule has 4 nitrogen and oxygen atoms in total. The molecule has 0 amide bonds. The van der Waals surface area contributed by atoms with Crippen LogP contribution in [0.4, 0.5) is 11.5 Å². The maximum atomic E-state index is 8.89. The van der Waals surface area contributed by atoms with Crippen LogP contribution < -0.4 is 9.64 Å². The lowest BCUT2D eigenvalue weighted by molar-refractivity contribution is 0.317. The third kappa shape index (κ3) is 3.96. The largest absolute Gasteiger partial charge is 0.490 e. The zero-order chi connectivity index (χ0) is 14.9. The molecule has 0 saturated heterocycles. The number of nitriles is 1. The summed E-state index contributed by atoms with van der Waals surface area (Å²) in [6.07, 6.45) is 3.12. The number of rotatable bonds is 7. The summed E-state index contributed by atoms with van der Waals surface area (Å²) in [6, 6.07) is 15.9. The van der Waals surface area contributed by atoms with E-state index in [0.29, 0.717) is 19.6 Å². The Bertz CT molecular complexity index is 592. The van der Waals surface area contributed by atoms with Gasteiger partial charge in [0.15, 0.2) is 11.6 Å². The monoisotopic (exact) mass is 281 g/mol. The maximum Gasteiger partial charge on any atom is 0.175 e. The van der Waals surface area contributed by atoms with Crippen molar-refractivity contribution in [2.45, 2.75) is 19.8 Å². The smallest absolute Gasteiger partial charge is 0.175 e. The quantitative estimate of drug-likeness (QED) is 0.771. The second-order valence-corrected chi connectivity index (χ2v) is 4.57. The SMILES string of the molecule is CCCOc1cccnc1N(CCC#N)c1ccccc1. The van der Waals surface area contributed by atoms with Gasteiger partial charge in [0.05, 0.1) is 19.1 Å². The van der Waals surface area contributed by atoms with E-state index >= 15 is 0 Å². The highest BCUT2D eigenvalue weighted by Crippen LogP contribution is 2.31. The van der Waals surface area contributed by atoms with Crippen LogP contribution in [0.5, 0.6) is 5.75 Å². The zero-order valence-electron chi connectivity index (χ0n) is 12.2. The molecule has 0 bridgehead atoms. The maximum absolute atomic E-state index is 8.89. The van der Waals surface area contributed by atoms with Gasteiger partial charge < -0.3 is 9.64 Å². The van der Waals surface area contributed by atoms with Crippen molar-refractivity contribution >= 4 is 11.5 Å². The highest BCUT2D eigenvalue weighted by atomic mass is 16.5. The second-order valence-electron chi connectivity index (χ2n) is 4.57. The van der Waals surface area contributed by atoms with Gasteiger partial charge in [-0.2, -0.15) is 5.26 Å². The standard InChI is InChI=1S/C17H19N3O/c1-2-14-21-16-10-6-12-19-17(16)20(13-7-11-18)15-8-4-3-5-9-15/h3-6,8-10,12H,2,7,13-14H2,1H3. The van der Waals surface area contributed by atoms with Gasteiger partial charge in [-0.3, -0.25) is 0 Å². The summed E-state index contributed by atoms with van der Waals surface area (Å²) in [4.78, 5) is 6.47. The van der Waals surface area contributed by atoms with Crippen molar-refractivity contribution in [3.63, 3.8) is 0 Å². The number of benzene rings is 1. The highest BCUT2D eigenvalue weighted by Gasteiger charge is 2.15. The Morgan fingerprint density at radius 2 is 2.00 bits per heavy atom. The van der Waals surface area contributed by atoms with Crippen LogP contribution in [-0.4, -0.2) is 18.1 Å². The first-order valence-corrected chi connectivity index (χ1v) is 7.14. The number of hydrogen-bond donors (Lipinski definition) is 0. The van der Waals surface area contributed by atoms with Crippen LogP contribution in [0, 0.1) is 11.3 Å². The van der Waals surface area contributed by atoms with Gasteiger partial charge in [0.1, 0.15) is 0 Å². The minimum absolute atomic E-state index is 0.429. The molecule has 0 unspecified atom stereocenters. The molecule has 0 aliphatic rings. The molecule has 108 valence electrons. The lowest BCUT2D eigenvalue weighted by Crippen LogP contribution is -2.20. The average Bonchev–Trinajstić information content (AvgIpc) is 2.55. The molecule has 0 fully saturated rings. The summed E-state index contributed by atoms with van der Waals surface area (Å²) in [5.74, 6) is 1.51. The predicted octanol–water partition coefficient (Wildman–Crippen LogP) is 3.92. The van der Waals surface area contributed by atoms with Gasteiger partial charge in [0.2, 0.25) is 0 Å². The van der Waals surface area contributed by atoms with E-state index in [4.69, 9.17) is 10.00 Å². The summed E-state index contributed by atoms with van der Waals surface area (Å²) in [5, 5.41) is 8.89. The highest BCUT2D eigenvalue weighted by molar-refractivity contribution is 5.65. The Morgan fingerprint density at radius 3 is 2.71 bits per heavy atom. The number of para-hydroxylation sites is 1. The van der Waals surface area contributed by atoms with Gasteiger partial charge in [-0.25, -0.2) is 4.98 Å². The molecular weight excluding hydrogens is 262 g/mol. The molecule has 0 spiro atoms. The Hall–Kier alpha value is -2.54. The Kier molecular flexibility index (Phi) is 5.60. The molecule has 1 heterocycles. The first-order valence-electron chi connectivity index (χ1n) is 7.14. The van der Waals surface area contributed by atoms with Crippen molar-refractivity contribution in [3.05, 3.63) is 48.7 Å². The second kappa shape index (κ2) is 7.91. The Morgan fingerprint density at radius 1 is 1.19 bits per heavy atom. The molecule has 4 heteroatoms. The number of ether oxygens (including phenoxy) is 1. The lowest BCUT2D eigenvalue weighted by Gasteiger charge is -2.24. The van der Waals surface area contributed by atoms with Crippen LogP contribution in [0.2, 0.25) is 0 Å². The van der Waals surface area contributed by atoms with Crippen molar-refractivity contribution < 1.29 is 4.74 Å². The number of anilines is 2. The van der Waals surface area contributed by atoms with Crippen molar-refractivity contribution in [2.75, 3.05) is 18.1 Å². The molecule has 1 aromatic carbocycles. The number of hydrogen-bond acceptors (Lipinski definition) is 4. The summed E-state index contributed by atoms with van der Waals surface area (Å²) in [7, 11) is 0. The summed E-state index contributed by atoms with van der Waals surface area (Å²) >= 11 is 0. The molecule has 2 rings (SSSR count). The van der Waals surface area contributed by atoms with Crippen LogP contribution in [0.3, 0.4) is 0 Å². The van der Waals surface area contributed by atoms with Crippen LogP contribution in [0.25, 0.3) is 0 Å². The normalized spacial score (nSPS) is 9.90. The zero-order valence-corrected chi connectivity index (χ0v) is 12.2. The van der Waals surface area contributed by atoms with E-state index in [1.165, 1.54) is 0 Å². The van der Waals surface area contributed by atoms with E-state index < -0.39 is 0 Å². The van der Waals surface area contributed by atoms with Gasteiger partial charge in [-0.15, -0.1) is 0 Å². The van der Waals surface area contributed by atoms with Gasteiger partial charge in [-0.1, -0.05) is 25.1 Å². The fourth-order valence-electron chi connectivity index (χ4n) is 2.04. The molecule has 0 saturated carbocycles. The molecule has 1 aromatic heterocycles. The lowest BCUT2D eigenvalue weighted by atomic mass is 10.2. The molecular formula is C17H19N3O.